The van der Waals surface area contributed by atoms with Crippen molar-refractivity contribution in [2.75, 3.05) is 26.8 Å². The summed E-state index contributed by atoms with van der Waals surface area (Å²) < 4.78 is 5.04. The van der Waals surface area contributed by atoms with E-state index in [2.05, 4.69) is 40.7 Å². The van der Waals surface area contributed by atoms with Gasteiger partial charge in [0.05, 0.1) is 13.2 Å². The van der Waals surface area contributed by atoms with E-state index >= 15 is 0 Å². The maximum atomic E-state index is 5.04. The summed E-state index contributed by atoms with van der Waals surface area (Å²) in [5.41, 5.74) is 4.31. The summed E-state index contributed by atoms with van der Waals surface area (Å²) in [7, 11) is 1.70. The number of aliphatic imine (C=N–C) groups is 1. The van der Waals surface area contributed by atoms with Crippen LogP contribution in [0.5, 0.6) is 0 Å². The molecule has 0 bridgehead atoms. The van der Waals surface area contributed by atoms with Crippen molar-refractivity contribution in [2.24, 2.45) is 4.99 Å². The van der Waals surface area contributed by atoms with Gasteiger partial charge in [0.25, 0.3) is 0 Å². The number of hydrogen-bond donors (Lipinski definition) is 2. The molecule has 1 aliphatic rings. The summed E-state index contributed by atoms with van der Waals surface area (Å²) in [6.45, 7) is 5.11. The number of ether oxygens (including phenoxy) is 1. The van der Waals surface area contributed by atoms with Gasteiger partial charge in [0.1, 0.15) is 0 Å². The quantitative estimate of drug-likeness (QED) is 0.473. The van der Waals surface area contributed by atoms with E-state index < -0.39 is 0 Å². The minimum Gasteiger partial charge on any atom is -0.383 e. The Morgan fingerprint density at radius 2 is 2.10 bits per heavy atom. The van der Waals surface area contributed by atoms with Crippen LogP contribution in [0, 0.1) is 0 Å². The molecule has 1 aromatic rings. The van der Waals surface area contributed by atoms with Crippen LogP contribution in [0.15, 0.2) is 23.2 Å². The van der Waals surface area contributed by atoms with E-state index in [1.165, 1.54) is 36.0 Å². The molecule has 0 radical (unpaired) electrons. The molecule has 0 saturated carbocycles. The predicted molar refractivity (Wildman–Crippen MR) is 83.2 cm³/mol. The van der Waals surface area contributed by atoms with Gasteiger partial charge in [-0.25, -0.2) is 4.99 Å². The number of nitrogens with one attached hydrogen (secondary N) is 2. The van der Waals surface area contributed by atoms with Gasteiger partial charge in [0.2, 0.25) is 0 Å². The molecule has 0 saturated heterocycles. The number of nitrogens with zero attached hydrogens (tertiary/aromatic N) is 1. The fourth-order valence-electron chi connectivity index (χ4n) is 2.51. The second-order valence-corrected chi connectivity index (χ2v) is 5.07. The molecular formula is C16H25N3O. The number of benzene rings is 1. The van der Waals surface area contributed by atoms with E-state index in [1.54, 1.807) is 7.11 Å². The van der Waals surface area contributed by atoms with Crippen molar-refractivity contribution in [2.45, 2.75) is 32.7 Å². The molecule has 0 aromatic heterocycles. The first kappa shape index (κ1) is 14.9. The number of guanidine groups is 1. The van der Waals surface area contributed by atoms with E-state index in [9.17, 15) is 0 Å². The standard InChI is InChI=1S/C16H25N3O/c1-3-17-16(18-9-10-20-2)19-12-13-7-8-14-5-4-6-15(14)11-13/h7-8,11H,3-6,9-10,12H2,1-2H3,(H2,17,18,19). The maximum Gasteiger partial charge on any atom is 0.191 e. The summed E-state index contributed by atoms with van der Waals surface area (Å²) in [4.78, 5) is 4.62. The van der Waals surface area contributed by atoms with E-state index in [1.807, 2.05) is 0 Å². The second-order valence-electron chi connectivity index (χ2n) is 5.07. The zero-order chi connectivity index (χ0) is 14.2. The Kier molecular flexibility index (Phi) is 5.87. The largest absolute Gasteiger partial charge is 0.383 e. The molecule has 2 rings (SSSR count). The number of rotatable bonds is 6. The summed E-state index contributed by atoms with van der Waals surface area (Å²) >= 11 is 0. The van der Waals surface area contributed by atoms with Gasteiger partial charge in [0, 0.05) is 20.2 Å². The van der Waals surface area contributed by atoms with Gasteiger partial charge in [-0.15, -0.1) is 0 Å². The molecular weight excluding hydrogens is 250 g/mol. The van der Waals surface area contributed by atoms with E-state index in [4.69, 9.17) is 4.74 Å². The molecule has 0 aliphatic heterocycles. The van der Waals surface area contributed by atoms with Crippen LogP contribution >= 0.6 is 0 Å². The highest BCUT2D eigenvalue weighted by Crippen LogP contribution is 2.22. The topological polar surface area (TPSA) is 45.7 Å². The van der Waals surface area contributed by atoms with Crippen LogP contribution in [-0.2, 0) is 24.1 Å². The fourth-order valence-corrected chi connectivity index (χ4v) is 2.51. The number of aryl methyl sites for hydroxylation is 2. The van der Waals surface area contributed by atoms with Gasteiger partial charge in [-0.05, 0) is 42.9 Å². The normalized spacial score (nSPS) is 14.2. The van der Waals surface area contributed by atoms with Gasteiger partial charge in [-0.3, -0.25) is 0 Å². The highest BCUT2D eigenvalue weighted by atomic mass is 16.5. The minimum absolute atomic E-state index is 0.684. The Balaban J connectivity index is 1.93. The lowest BCUT2D eigenvalue weighted by atomic mass is 10.1. The molecule has 0 fully saturated rings. The fraction of sp³-hybridized carbons (Fsp3) is 0.562. The summed E-state index contributed by atoms with van der Waals surface area (Å²) in [5.74, 6) is 0.852. The Bertz CT molecular complexity index is 457. The maximum absolute atomic E-state index is 5.04. The third-order valence-corrected chi connectivity index (χ3v) is 3.53. The molecule has 0 amide bonds. The van der Waals surface area contributed by atoms with Crippen LogP contribution in [-0.4, -0.2) is 32.8 Å². The van der Waals surface area contributed by atoms with Gasteiger partial charge < -0.3 is 15.4 Å². The molecule has 0 spiro atoms. The average Bonchev–Trinajstić information content (AvgIpc) is 2.92. The van der Waals surface area contributed by atoms with Crippen molar-refractivity contribution in [1.29, 1.82) is 0 Å². The molecule has 4 heteroatoms. The highest BCUT2D eigenvalue weighted by molar-refractivity contribution is 5.79. The number of fused-ring (bicyclic) bond motifs is 1. The van der Waals surface area contributed by atoms with Crippen molar-refractivity contribution >= 4 is 5.96 Å². The van der Waals surface area contributed by atoms with E-state index in [0.29, 0.717) is 6.61 Å². The minimum atomic E-state index is 0.684. The Morgan fingerprint density at radius 3 is 2.90 bits per heavy atom. The monoisotopic (exact) mass is 275 g/mol. The highest BCUT2D eigenvalue weighted by Gasteiger charge is 2.10. The van der Waals surface area contributed by atoms with Crippen LogP contribution in [0.4, 0.5) is 0 Å². The zero-order valence-corrected chi connectivity index (χ0v) is 12.5. The predicted octanol–water partition coefficient (Wildman–Crippen LogP) is 1.88. The molecule has 0 heterocycles. The van der Waals surface area contributed by atoms with E-state index in [0.717, 1.165) is 25.6 Å². The van der Waals surface area contributed by atoms with Crippen LogP contribution in [0.2, 0.25) is 0 Å². The van der Waals surface area contributed by atoms with Crippen LogP contribution in [0.3, 0.4) is 0 Å². The molecule has 20 heavy (non-hydrogen) atoms. The SMILES string of the molecule is CCNC(=NCc1ccc2c(c1)CCC2)NCCOC. The Labute approximate surface area is 121 Å². The van der Waals surface area contributed by atoms with Gasteiger partial charge >= 0.3 is 0 Å². The van der Waals surface area contributed by atoms with Crippen molar-refractivity contribution in [1.82, 2.24) is 10.6 Å². The first-order valence-electron chi connectivity index (χ1n) is 7.45. The third-order valence-electron chi connectivity index (χ3n) is 3.53. The van der Waals surface area contributed by atoms with Crippen LogP contribution in [0.25, 0.3) is 0 Å². The molecule has 0 unspecified atom stereocenters. The average molecular weight is 275 g/mol. The zero-order valence-electron chi connectivity index (χ0n) is 12.5. The smallest absolute Gasteiger partial charge is 0.191 e. The molecule has 1 aliphatic carbocycles. The molecule has 0 atom stereocenters. The van der Waals surface area contributed by atoms with Crippen LogP contribution in [0.1, 0.15) is 30.0 Å². The molecule has 2 N–H and O–H groups in total. The number of hydrogen-bond acceptors (Lipinski definition) is 2. The summed E-state index contributed by atoms with van der Waals surface area (Å²) in [5, 5.41) is 6.51. The first-order chi connectivity index (χ1) is 9.83. The lowest BCUT2D eigenvalue weighted by Crippen LogP contribution is -2.38. The molecule has 4 nitrogen and oxygen atoms in total. The molecule has 110 valence electrons. The summed E-state index contributed by atoms with van der Waals surface area (Å²) in [6.07, 6.45) is 3.75. The Hall–Kier alpha value is -1.55. The Morgan fingerprint density at radius 1 is 1.25 bits per heavy atom. The van der Waals surface area contributed by atoms with Crippen molar-refractivity contribution in [3.8, 4) is 0 Å². The first-order valence-corrected chi connectivity index (χ1v) is 7.45. The van der Waals surface area contributed by atoms with Crippen molar-refractivity contribution in [3.63, 3.8) is 0 Å². The van der Waals surface area contributed by atoms with Gasteiger partial charge in [-0.2, -0.15) is 0 Å². The van der Waals surface area contributed by atoms with Crippen molar-refractivity contribution < 1.29 is 4.74 Å². The van der Waals surface area contributed by atoms with Crippen LogP contribution < -0.4 is 10.6 Å². The summed E-state index contributed by atoms with van der Waals surface area (Å²) in [6, 6.07) is 6.77. The second kappa shape index (κ2) is 7.90. The van der Waals surface area contributed by atoms with Crippen molar-refractivity contribution in [3.05, 3.63) is 34.9 Å². The lowest BCUT2D eigenvalue weighted by Gasteiger charge is -2.11. The third kappa shape index (κ3) is 4.23. The lowest BCUT2D eigenvalue weighted by molar-refractivity contribution is 0.203. The van der Waals surface area contributed by atoms with E-state index in [-0.39, 0.29) is 0 Å². The number of methoxy groups -OCH3 is 1. The van der Waals surface area contributed by atoms with Gasteiger partial charge in [0.15, 0.2) is 5.96 Å². The molecule has 1 aromatic carbocycles. The van der Waals surface area contributed by atoms with Gasteiger partial charge in [-0.1, -0.05) is 18.2 Å².